The Morgan fingerprint density at radius 1 is 1.15 bits per heavy atom. The predicted molar refractivity (Wildman–Crippen MR) is 76.1 cm³/mol. The van der Waals surface area contributed by atoms with E-state index in [1.807, 2.05) is 30.3 Å². The van der Waals surface area contributed by atoms with Crippen LogP contribution in [0.1, 0.15) is 24.8 Å². The Labute approximate surface area is 118 Å². The molecule has 0 spiro atoms. The minimum Gasteiger partial charge on any atom is -0.273 e. The molecule has 1 atom stereocenters. The highest BCUT2D eigenvalue weighted by molar-refractivity contribution is 7.91. The van der Waals surface area contributed by atoms with Crippen LogP contribution in [0.3, 0.4) is 0 Å². The topological polar surface area (TPSA) is 66.8 Å². The lowest BCUT2D eigenvalue weighted by Crippen LogP contribution is -2.40. The van der Waals surface area contributed by atoms with Gasteiger partial charge >= 0.3 is 0 Å². The van der Waals surface area contributed by atoms with Gasteiger partial charge in [0.25, 0.3) is 0 Å². The molecule has 5 nitrogen and oxygen atoms in total. The summed E-state index contributed by atoms with van der Waals surface area (Å²) in [4.78, 5) is 12.0. The highest BCUT2D eigenvalue weighted by atomic mass is 32.2. The van der Waals surface area contributed by atoms with E-state index in [2.05, 4.69) is 5.10 Å². The van der Waals surface area contributed by atoms with Crippen molar-refractivity contribution in [3.05, 3.63) is 35.9 Å². The summed E-state index contributed by atoms with van der Waals surface area (Å²) in [7, 11) is -3.01. The molecule has 1 aromatic rings. The van der Waals surface area contributed by atoms with Gasteiger partial charge in [-0.2, -0.15) is 5.10 Å². The largest absolute Gasteiger partial charge is 0.273 e. The van der Waals surface area contributed by atoms with Crippen LogP contribution in [0.15, 0.2) is 35.4 Å². The Morgan fingerprint density at radius 2 is 1.90 bits per heavy atom. The SMILES string of the molecule is O=C1CCC(c2ccccc2)=NN1[C@H]1CCS(=O)(=O)C1. The second-order valence-electron chi connectivity index (χ2n) is 5.21. The number of hydrogen-bond acceptors (Lipinski definition) is 4. The van der Waals surface area contributed by atoms with Crippen molar-refractivity contribution in [2.24, 2.45) is 5.10 Å². The molecule has 1 aromatic carbocycles. The van der Waals surface area contributed by atoms with E-state index in [0.29, 0.717) is 19.3 Å². The lowest BCUT2D eigenvalue weighted by molar-refractivity contribution is -0.133. The molecule has 0 aromatic heterocycles. The van der Waals surface area contributed by atoms with Gasteiger partial charge < -0.3 is 0 Å². The van der Waals surface area contributed by atoms with Crippen LogP contribution in [-0.4, -0.2) is 42.6 Å². The highest BCUT2D eigenvalue weighted by Gasteiger charge is 2.36. The van der Waals surface area contributed by atoms with Gasteiger partial charge in [-0.1, -0.05) is 30.3 Å². The van der Waals surface area contributed by atoms with Crippen LogP contribution in [0.2, 0.25) is 0 Å². The quantitative estimate of drug-likeness (QED) is 0.822. The van der Waals surface area contributed by atoms with E-state index >= 15 is 0 Å². The summed E-state index contributed by atoms with van der Waals surface area (Å²) < 4.78 is 23.1. The Hall–Kier alpha value is -1.69. The minimum absolute atomic E-state index is 0.0321. The fourth-order valence-electron chi connectivity index (χ4n) is 2.66. The summed E-state index contributed by atoms with van der Waals surface area (Å²) in [6.07, 6.45) is 1.49. The first kappa shape index (κ1) is 13.3. The van der Waals surface area contributed by atoms with E-state index in [0.717, 1.165) is 11.3 Å². The van der Waals surface area contributed by atoms with Crippen LogP contribution in [0.25, 0.3) is 0 Å². The molecule has 0 unspecified atom stereocenters. The third-order valence-electron chi connectivity index (χ3n) is 3.72. The van der Waals surface area contributed by atoms with Crippen LogP contribution in [-0.2, 0) is 14.6 Å². The van der Waals surface area contributed by atoms with E-state index in [1.165, 1.54) is 5.01 Å². The zero-order valence-corrected chi connectivity index (χ0v) is 11.8. The summed E-state index contributed by atoms with van der Waals surface area (Å²) >= 11 is 0. The monoisotopic (exact) mass is 292 g/mol. The van der Waals surface area contributed by atoms with Gasteiger partial charge in [0.15, 0.2) is 9.84 Å². The van der Waals surface area contributed by atoms with E-state index < -0.39 is 9.84 Å². The van der Waals surface area contributed by atoms with Crippen molar-refractivity contribution in [2.75, 3.05) is 11.5 Å². The highest BCUT2D eigenvalue weighted by Crippen LogP contribution is 2.23. The minimum atomic E-state index is -3.01. The number of sulfone groups is 1. The molecule has 1 fully saturated rings. The van der Waals surface area contributed by atoms with Crippen molar-refractivity contribution in [3.8, 4) is 0 Å². The zero-order chi connectivity index (χ0) is 14.2. The molecule has 2 heterocycles. The number of rotatable bonds is 2. The fourth-order valence-corrected chi connectivity index (χ4v) is 4.35. The lowest BCUT2D eigenvalue weighted by atomic mass is 10.0. The third kappa shape index (κ3) is 2.60. The van der Waals surface area contributed by atoms with Crippen LogP contribution in [0.5, 0.6) is 0 Å². The van der Waals surface area contributed by atoms with Gasteiger partial charge in [-0.05, 0) is 12.0 Å². The third-order valence-corrected chi connectivity index (χ3v) is 5.47. The summed E-state index contributed by atoms with van der Waals surface area (Å²) in [6.45, 7) is 0. The van der Waals surface area contributed by atoms with Crippen LogP contribution in [0, 0.1) is 0 Å². The van der Waals surface area contributed by atoms with Gasteiger partial charge in [-0.15, -0.1) is 0 Å². The fraction of sp³-hybridized carbons (Fsp3) is 0.429. The normalized spacial score (nSPS) is 25.6. The Balaban J connectivity index is 1.88. The van der Waals surface area contributed by atoms with Crippen LogP contribution in [0.4, 0.5) is 0 Å². The second kappa shape index (κ2) is 5.01. The molecule has 3 rings (SSSR count). The van der Waals surface area contributed by atoms with Crippen molar-refractivity contribution in [1.29, 1.82) is 0 Å². The molecular weight excluding hydrogens is 276 g/mol. The molecule has 20 heavy (non-hydrogen) atoms. The first-order valence-corrected chi connectivity index (χ1v) is 8.53. The number of carbonyl (C=O) groups is 1. The summed E-state index contributed by atoms with van der Waals surface area (Å²) in [6, 6.07) is 9.40. The molecule has 0 aliphatic carbocycles. The van der Waals surface area contributed by atoms with Crippen LogP contribution < -0.4 is 0 Å². The number of nitrogens with zero attached hydrogens (tertiary/aromatic N) is 2. The van der Waals surface area contributed by atoms with Gasteiger partial charge in [0.1, 0.15) is 0 Å². The van der Waals surface area contributed by atoms with E-state index in [4.69, 9.17) is 0 Å². The average Bonchev–Trinajstić information content (AvgIpc) is 2.80. The first-order valence-electron chi connectivity index (χ1n) is 6.70. The number of carbonyl (C=O) groups excluding carboxylic acids is 1. The maximum atomic E-state index is 12.0. The molecule has 0 N–H and O–H groups in total. The molecule has 1 saturated heterocycles. The maximum Gasteiger partial charge on any atom is 0.243 e. The molecule has 1 amide bonds. The van der Waals surface area contributed by atoms with Crippen molar-refractivity contribution < 1.29 is 13.2 Å². The van der Waals surface area contributed by atoms with Gasteiger partial charge in [0, 0.05) is 12.8 Å². The maximum absolute atomic E-state index is 12.0. The van der Waals surface area contributed by atoms with E-state index in [9.17, 15) is 13.2 Å². The van der Waals surface area contributed by atoms with Crippen molar-refractivity contribution in [3.63, 3.8) is 0 Å². The van der Waals surface area contributed by atoms with Gasteiger partial charge in [-0.3, -0.25) is 4.79 Å². The van der Waals surface area contributed by atoms with Crippen molar-refractivity contribution in [2.45, 2.75) is 25.3 Å². The first-order chi connectivity index (χ1) is 9.55. The Bertz CT molecular complexity index is 652. The Morgan fingerprint density at radius 3 is 2.55 bits per heavy atom. The summed E-state index contributed by atoms with van der Waals surface area (Å²) in [5, 5.41) is 5.82. The van der Waals surface area contributed by atoms with Gasteiger partial charge in [0.05, 0.1) is 23.3 Å². The summed E-state index contributed by atoms with van der Waals surface area (Å²) in [5.74, 6) is 0.105. The summed E-state index contributed by atoms with van der Waals surface area (Å²) in [5.41, 5.74) is 1.85. The van der Waals surface area contributed by atoms with Gasteiger partial charge in [0.2, 0.25) is 5.91 Å². The molecule has 2 aliphatic rings. The second-order valence-corrected chi connectivity index (χ2v) is 7.44. The van der Waals surface area contributed by atoms with E-state index in [-0.39, 0.29) is 23.5 Å². The Kier molecular flexibility index (Phi) is 3.33. The predicted octanol–water partition coefficient (Wildman–Crippen LogP) is 1.20. The molecule has 2 aliphatic heterocycles. The number of benzene rings is 1. The zero-order valence-electron chi connectivity index (χ0n) is 11.0. The van der Waals surface area contributed by atoms with Crippen molar-refractivity contribution in [1.82, 2.24) is 5.01 Å². The number of hydrazone groups is 1. The molecule has 0 radical (unpaired) electrons. The molecule has 0 saturated carbocycles. The smallest absolute Gasteiger partial charge is 0.243 e. The lowest BCUT2D eigenvalue weighted by Gasteiger charge is -2.28. The average molecular weight is 292 g/mol. The molecule has 6 heteroatoms. The van der Waals surface area contributed by atoms with Crippen LogP contribution >= 0.6 is 0 Å². The number of hydrogen-bond donors (Lipinski definition) is 0. The molecule has 106 valence electrons. The number of amides is 1. The van der Waals surface area contributed by atoms with E-state index in [1.54, 1.807) is 0 Å². The molecule has 0 bridgehead atoms. The molecular formula is C14H16N2O3S. The standard InChI is InChI=1S/C14H16N2O3S/c17-14-7-6-13(11-4-2-1-3-5-11)15-16(14)12-8-9-20(18,19)10-12/h1-5,12H,6-10H2/t12-/m0/s1. The van der Waals surface area contributed by atoms with Crippen molar-refractivity contribution >= 4 is 21.5 Å². The van der Waals surface area contributed by atoms with Gasteiger partial charge in [-0.25, -0.2) is 13.4 Å².